The van der Waals surface area contributed by atoms with Crippen LogP contribution < -0.4 is 10.6 Å². The molecule has 0 aromatic carbocycles. The molecule has 1 unspecified atom stereocenters. The van der Waals surface area contributed by atoms with Crippen molar-refractivity contribution in [3.05, 3.63) is 22.4 Å². The number of thiophene rings is 1. The van der Waals surface area contributed by atoms with Gasteiger partial charge in [-0.3, -0.25) is 0 Å². The van der Waals surface area contributed by atoms with Gasteiger partial charge in [-0.1, -0.05) is 0 Å². The van der Waals surface area contributed by atoms with Gasteiger partial charge in [0.1, 0.15) is 5.60 Å². The summed E-state index contributed by atoms with van der Waals surface area (Å²) in [7, 11) is 0. The van der Waals surface area contributed by atoms with E-state index in [0.717, 1.165) is 5.56 Å². The van der Waals surface area contributed by atoms with Gasteiger partial charge in [0.15, 0.2) is 5.96 Å². The quantitative estimate of drug-likeness (QED) is 0.354. The summed E-state index contributed by atoms with van der Waals surface area (Å²) in [5.41, 5.74) is -0.408. The molecule has 9 heteroatoms. The number of aliphatic imine (C=N–C) groups is 1. The molecule has 0 radical (unpaired) electrons. The zero-order valence-corrected chi connectivity index (χ0v) is 15.6. The Morgan fingerprint density at radius 2 is 2.05 bits per heavy atom. The van der Waals surface area contributed by atoms with Crippen molar-refractivity contribution in [1.82, 2.24) is 10.6 Å². The second-order valence-corrected chi connectivity index (χ2v) is 5.55. The molecule has 1 rings (SSSR count). The molecule has 1 heterocycles. The normalized spacial score (nSPS) is 14.9. The Morgan fingerprint density at radius 3 is 2.55 bits per heavy atom. The van der Waals surface area contributed by atoms with Gasteiger partial charge in [-0.25, -0.2) is 4.99 Å². The molecular formula is C13H21F3IN3OS. The number of rotatable bonds is 6. The maximum atomic E-state index is 12.1. The lowest BCUT2D eigenvalue weighted by molar-refractivity contribution is -0.132. The summed E-state index contributed by atoms with van der Waals surface area (Å²) in [6.45, 7) is 3.77. The first-order chi connectivity index (χ1) is 9.74. The number of alkyl halides is 3. The monoisotopic (exact) mass is 451 g/mol. The van der Waals surface area contributed by atoms with Crippen LogP contribution in [0.4, 0.5) is 13.2 Å². The molecule has 0 bridgehead atoms. The van der Waals surface area contributed by atoms with Crippen molar-refractivity contribution in [2.75, 3.05) is 19.6 Å². The molecule has 0 amide bonds. The number of aliphatic hydroxyl groups is 1. The third-order valence-corrected chi connectivity index (χ3v) is 3.42. The Morgan fingerprint density at radius 1 is 1.36 bits per heavy atom. The molecule has 0 saturated carbocycles. The minimum Gasteiger partial charge on any atom is -0.383 e. The van der Waals surface area contributed by atoms with E-state index in [1.165, 1.54) is 11.3 Å². The molecule has 0 aliphatic rings. The number of nitrogens with zero attached hydrogens (tertiary/aromatic N) is 1. The van der Waals surface area contributed by atoms with Crippen LogP contribution in [0.3, 0.4) is 0 Å². The SMILES string of the molecule is CCNC(=NCC(C)(O)c1ccsc1)NCCC(F)(F)F.I. The lowest BCUT2D eigenvalue weighted by Crippen LogP contribution is -2.40. The van der Waals surface area contributed by atoms with Gasteiger partial charge in [-0.2, -0.15) is 24.5 Å². The van der Waals surface area contributed by atoms with Gasteiger partial charge in [-0.05, 0) is 36.2 Å². The average molecular weight is 451 g/mol. The van der Waals surface area contributed by atoms with Gasteiger partial charge >= 0.3 is 6.18 Å². The molecule has 0 aliphatic carbocycles. The molecule has 22 heavy (non-hydrogen) atoms. The van der Waals surface area contributed by atoms with Crippen molar-refractivity contribution < 1.29 is 18.3 Å². The molecule has 0 saturated heterocycles. The van der Waals surface area contributed by atoms with E-state index < -0.39 is 18.2 Å². The number of halogens is 4. The van der Waals surface area contributed by atoms with Gasteiger partial charge in [0.2, 0.25) is 0 Å². The third kappa shape index (κ3) is 8.18. The van der Waals surface area contributed by atoms with Crippen molar-refractivity contribution in [1.29, 1.82) is 0 Å². The third-order valence-electron chi connectivity index (χ3n) is 2.73. The van der Waals surface area contributed by atoms with E-state index in [1.54, 1.807) is 13.0 Å². The van der Waals surface area contributed by atoms with Crippen LogP contribution in [-0.4, -0.2) is 36.9 Å². The average Bonchev–Trinajstić information content (AvgIpc) is 2.89. The Balaban J connectivity index is 0.00000441. The first kappa shape index (κ1) is 21.4. The fourth-order valence-corrected chi connectivity index (χ4v) is 2.34. The lowest BCUT2D eigenvalue weighted by atomic mass is 10.00. The van der Waals surface area contributed by atoms with Crippen LogP contribution >= 0.6 is 35.3 Å². The molecule has 3 N–H and O–H groups in total. The molecule has 0 spiro atoms. The second kappa shape index (κ2) is 9.56. The number of guanidine groups is 1. The van der Waals surface area contributed by atoms with Gasteiger partial charge in [-0.15, -0.1) is 24.0 Å². The predicted octanol–water partition coefficient (Wildman–Crippen LogP) is 3.08. The maximum absolute atomic E-state index is 12.1. The highest BCUT2D eigenvalue weighted by Gasteiger charge is 2.26. The zero-order chi connectivity index (χ0) is 15.9. The Hall–Kier alpha value is -0.550. The second-order valence-electron chi connectivity index (χ2n) is 4.77. The Bertz CT molecular complexity index is 450. The van der Waals surface area contributed by atoms with E-state index >= 15 is 0 Å². The highest BCUT2D eigenvalue weighted by Crippen LogP contribution is 2.23. The summed E-state index contributed by atoms with van der Waals surface area (Å²) in [6.07, 6.45) is -5.13. The number of hydrogen-bond acceptors (Lipinski definition) is 3. The van der Waals surface area contributed by atoms with Crippen LogP contribution in [0.1, 0.15) is 25.8 Å². The van der Waals surface area contributed by atoms with E-state index in [1.807, 2.05) is 17.7 Å². The van der Waals surface area contributed by atoms with Gasteiger partial charge in [0.05, 0.1) is 13.0 Å². The minimum atomic E-state index is -4.20. The predicted molar refractivity (Wildman–Crippen MR) is 94.0 cm³/mol. The van der Waals surface area contributed by atoms with Crippen LogP contribution in [-0.2, 0) is 5.60 Å². The van der Waals surface area contributed by atoms with Crippen molar-refractivity contribution >= 4 is 41.3 Å². The van der Waals surface area contributed by atoms with Crippen molar-refractivity contribution in [2.45, 2.75) is 32.0 Å². The highest BCUT2D eigenvalue weighted by molar-refractivity contribution is 14.0. The van der Waals surface area contributed by atoms with Gasteiger partial charge in [0, 0.05) is 13.1 Å². The summed E-state index contributed by atoms with van der Waals surface area (Å²) in [6, 6.07) is 1.80. The molecule has 1 aromatic rings. The molecule has 1 aromatic heterocycles. The number of hydrogen-bond donors (Lipinski definition) is 3. The van der Waals surface area contributed by atoms with Crippen LogP contribution in [0.15, 0.2) is 21.8 Å². The molecule has 0 fully saturated rings. The van der Waals surface area contributed by atoms with Crippen molar-refractivity contribution in [3.63, 3.8) is 0 Å². The Labute approximate surface area is 149 Å². The first-order valence-electron chi connectivity index (χ1n) is 6.58. The first-order valence-corrected chi connectivity index (χ1v) is 7.53. The fourth-order valence-electron chi connectivity index (χ4n) is 1.56. The van der Waals surface area contributed by atoms with Crippen molar-refractivity contribution in [3.8, 4) is 0 Å². The van der Waals surface area contributed by atoms with E-state index in [9.17, 15) is 18.3 Å². The van der Waals surface area contributed by atoms with Crippen LogP contribution in [0.25, 0.3) is 0 Å². The zero-order valence-electron chi connectivity index (χ0n) is 12.4. The molecule has 4 nitrogen and oxygen atoms in total. The topological polar surface area (TPSA) is 56.7 Å². The lowest BCUT2D eigenvalue weighted by Gasteiger charge is -2.21. The van der Waals surface area contributed by atoms with E-state index in [0.29, 0.717) is 6.54 Å². The van der Waals surface area contributed by atoms with E-state index in [2.05, 4.69) is 15.6 Å². The highest BCUT2D eigenvalue weighted by atomic mass is 127. The van der Waals surface area contributed by atoms with Crippen LogP contribution in [0.2, 0.25) is 0 Å². The Kier molecular flexibility index (Phi) is 9.32. The van der Waals surface area contributed by atoms with E-state index in [-0.39, 0.29) is 43.0 Å². The summed E-state index contributed by atoms with van der Waals surface area (Å²) < 4.78 is 36.3. The standard InChI is InChI=1S/C13H20F3N3OS.HI/c1-3-17-11(18-6-5-13(14,15)16)19-9-12(2,20)10-4-7-21-8-10;/h4,7-8,20H,3,5-6,9H2,1-2H3,(H2,17,18,19);1H. The number of nitrogens with one attached hydrogen (secondary N) is 2. The molecular weight excluding hydrogens is 430 g/mol. The summed E-state index contributed by atoms with van der Waals surface area (Å²) in [5, 5.41) is 19.4. The van der Waals surface area contributed by atoms with Crippen molar-refractivity contribution in [2.24, 2.45) is 4.99 Å². The fraction of sp³-hybridized carbons (Fsp3) is 0.615. The minimum absolute atomic E-state index is 0. The molecule has 1 atom stereocenters. The summed E-state index contributed by atoms with van der Waals surface area (Å²) >= 11 is 1.46. The maximum Gasteiger partial charge on any atom is 0.390 e. The van der Waals surface area contributed by atoms with Crippen LogP contribution in [0.5, 0.6) is 0 Å². The summed E-state index contributed by atoms with van der Waals surface area (Å²) in [5.74, 6) is 0.261. The molecule has 128 valence electrons. The smallest absolute Gasteiger partial charge is 0.383 e. The van der Waals surface area contributed by atoms with Gasteiger partial charge < -0.3 is 15.7 Å². The largest absolute Gasteiger partial charge is 0.390 e. The van der Waals surface area contributed by atoms with Crippen LogP contribution in [0, 0.1) is 0 Å². The molecule has 0 aliphatic heterocycles. The summed E-state index contributed by atoms with van der Waals surface area (Å²) in [4.78, 5) is 4.14. The van der Waals surface area contributed by atoms with E-state index in [4.69, 9.17) is 0 Å². The van der Waals surface area contributed by atoms with Gasteiger partial charge in [0.25, 0.3) is 0 Å².